The zero-order valence-electron chi connectivity index (χ0n) is 15.0. The first-order chi connectivity index (χ1) is 12.5. The summed E-state index contributed by atoms with van der Waals surface area (Å²) in [6, 6.07) is 11.8. The molecule has 136 valence electrons. The molecule has 0 radical (unpaired) electrons. The number of rotatable bonds is 7. The monoisotopic (exact) mass is 353 g/mol. The highest BCUT2D eigenvalue weighted by Crippen LogP contribution is 2.27. The van der Waals surface area contributed by atoms with Gasteiger partial charge in [-0.05, 0) is 43.0 Å². The molecule has 1 heterocycles. The predicted octanol–water partition coefficient (Wildman–Crippen LogP) is 3.41. The van der Waals surface area contributed by atoms with Gasteiger partial charge in [0, 0.05) is 13.0 Å². The fraction of sp³-hybridized carbons (Fsp3) is 0.300. The topological polar surface area (TPSA) is 87.0 Å². The van der Waals surface area contributed by atoms with Crippen molar-refractivity contribution < 1.29 is 9.53 Å². The first-order valence-corrected chi connectivity index (χ1v) is 8.68. The Labute approximate surface area is 151 Å². The number of ether oxygens (including phenoxy) is 1. The Morgan fingerprint density at radius 2 is 1.92 bits per heavy atom. The van der Waals surface area contributed by atoms with Crippen LogP contribution >= 0.6 is 0 Å². The molecule has 0 aliphatic heterocycles. The van der Waals surface area contributed by atoms with Crippen molar-refractivity contribution in [2.75, 3.05) is 11.9 Å². The van der Waals surface area contributed by atoms with Crippen LogP contribution in [-0.2, 0) is 16.1 Å². The maximum atomic E-state index is 12.3. The van der Waals surface area contributed by atoms with Gasteiger partial charge in [-0.25, -0.2) is 4.79 Å². The fourth-order valence-corrected chi connectivity index (χ4v) is 2.87. The molecule has 1 amide bonds. The van der Waals surface area contributed by atoms with E-state index < -0.39 is 0 Å². The van der Waals surface area contributed by atoms with Crippen LogP contribution in [0.5, 0.6) is 0 Å². The van der Waals surface area contributed by atoms with E-state index in [1.807, 2.05) is 50.2 Å². The summed E-state index contributed by atoms with van der Waals surface area (Å²) in [5.74, 6) is -0.0923. The molecule has 6 heteroatoms. The van der Waals surface area contributed by atoms with E-state index in [4.69, 9.17) is 4.74 Å². The summed E-state index contributed by atoms with van der Waals surface area (Å²) >= 11 is 0. The second kappa shape index (κ2) is 8.01. The molecule has 0 aliphatic rings. The molecule has 0 spiro atoms. The summed E-state index contributed by atoms with van der Waals surface area (Å²) in [4.78, 5) is 29.3. The van der Waals surface area contributed by atoms with Gasteiger partial charge in [0.15, 0.2) is 0 Å². The number of H-pyrrole nitrogens is 2. The number of aryl methyl sites for hydroxylation is 1. The molecule has 0 bridgehead atoms. The molecule has 2 aromatic carbocycles. The SMILES string of the molecule is Cc1cc2[nH]c(=O)[nH]c2c(NC(=O)CCCOCc2ccccc2)c1C. The molecule has 0 unspecified atom stereocenters. The minimum Gasteiger partial charge on any atom is -0.377 e. The van der Waals surface area contributed by atoms with Gasteiger partial charge >= 0.3 is 5.69 Å². The number of benzene rings is 2. The van der Waals surface area contributed by atoms with Gasteiger partial charge in [0.05, 0.1) is 23.3 Å². The van der Waals surface area contributed by atoms with Crippen LogP contribution in [-0.4, -0.2) is 22.5 Å². The van der Waals surface area contributed by atoms with E-state index in [0.29, 0.717) is 42.8 Å². The smallest absolute Gasteiger partial charge is 0.323 e. The second-order valence-corrected chi connectivity index (χ2v) is 6.39. The minimum absolute atomic E-state index is 0.0923. The first-order valence-electron chi connectivity index (χ1n) is 8.68. The molecular formula is C20H23N3O3. The number of fused-ring (bicyclic) bond motifs is 1. The predicted molar refractivity (Wildman–Crippen MR) is 102 cm³/mol. The molecule has 0 aliphatic carbocycles. The van der Waals surface area contributed by atoms with Gasteiger partial charge < -0.3 is 20.0 Å². The van der Waals surface area contributed by atoms with Crippen LogP contribution in [0.25, 0.3) is 11.0 Å². The van der Waals surface area contributed by atoms with Crippen molar-refractivity contribution in [2.24, 2.45) is 0 Å². The Morgan fingerprint density at radius 3 is 2.69 bits per heavy atom. The van der Waals surface area contributed by atoms with E-state index in [1.165, 1.54) is 0 Å². The number of aromatic amines is 2. The summed E-state index contributed by atoms with van der Waals surface area (Å²) < 4.78 is 5.60. The Hall–Kier alpha value is -2.86. The van der Waals surface area contributed by atoms with E-state index in [0.717, 1.165) is 16.7 Å². The number of carbonyl (C=O) groups is 1. The van der Waals surface area contributed by atoms with Crippen molar-refractivity contribution in [1.29, 1.82) is 0 Å². The first kappa shape index (κ1) is 17.9. The number of aromatic nitrogens is 2. The number of amides is 1. The largest absolute Gasteiger partial charge is 0.377 e. The van der Waals surface area contributed by atoms with Gasteiger partial charge in [-0.1, -0.05) is 30.3 Å². The number of nitrogens with one attached hydrogen (secondary N) is 3. The standard InChI is InChI=1S/C20H23N3O3/c1-13-11-16-19(23-20(25)21-16)18(14(13)2)22-17(24)9-6-10-26-12-15-7-4-3-5-8-15/h3-5,7-8,11H,6,9-10,12H2,1-2H3,(H,22,24)(H2,21,23,25). The van der Waals surface area contributed by atoms with E-state index >= 15 is 0 Å². The zero-order valence-corrected chi connectivity index (χ0v) is 15.0. The highest BCUT2D eigenvalue weighted by molar-refractivity contribution is 6.01. The number of hydrogen-bond acceptors (Lipinski definition) is 3. The van der Waals surface area contributed by atoms with Crippen LogP contribution in [0.3, 0.4) is 0 Å². The maximum Gasteiger partial charge on any atom is 0.323 e. The van der Waals surface area contributed by atoms with Crippen molar-refractivity contribution in [3.8, 4) is 0 Å². The number of carbonyl (C=O) groups excluding carboxylic acids is 1. The Bertz CT molecular complexity index is 958. The maximum absolute atomic E-state index is 12.3. The van der Waals surface area contributed by atoms with Crippen molar-refractivity contribution >= 4 is 22.6 Å². The number of imidazole rings is 1. The normalized spacial score (nSPS) is 11.0. The molecule has 0 atom stereocenters. The Kier molecular flexibility index (Phi) is 5.53. The lowest BCUT2D eigenvalue weighted by atomic mass is 10.1. The summed E-state index contributed by atoms with van der Waals surface area (Å²) in [5, 5.41) is 2.93. The lowest BCUT2D eigenvalue weighted by Crippen LogP contribution is -2.14. The summed E-state index contributed by atoms with van der Waals surface area (Å²) in [5.41, 5.74) is 4.77. The van der Waals surface area contributed by atoms with Crippen molar-refractivity contribution in [3.05, 3.63) is 63.6 Å². The molecule has 1 aromatic heterocycles. The quantitative estimate of drug-likeness (QED) is 0.569. The number of hydrogen-bond donors (Lipinski definition) is 3. The van der Waals surface area contributed by atoms with Gasteiger partial charge in [0.2, 0.25) is 5.91 Å². The van der Waals surface area contributed by atoms with Crippen LogP contribution in [0, 0.1) is 13.8 Å². The molecule has 0 saturated heterocycles. The molecule has 0 saturated carbocycles. The van der Waals surface area contributed by atoms with E-state index in [2.05, 4.69) is 15.3 Å². The number of anilines is 1. The van der Waals surface area contributed by atoms with Crippen molar-refractivity contribution in [3.63, 3.8) is 0 Å². The van der Waals surface area contributed by atoms with Gasteiger partial charge in [-0.3, -0.25) is 4.79 Å². The van der Waals surface area contributed by atoms with Crippen LogP contribution in [0.4, 0.5) is 5.69 Å². The zero-order chi connectivity index (χ0) is 18.5. The summed E-state index contributed by atoms with van der Waals surface area (Å²) in [7, 11) is 0. The molecule has 3 aromatic rings. The fourth-order valence-electron chi connectivity index (χ4n) is 2.87. The van der Waals surface area contributed by atoms with Gasteiger partial charge in [-0.2, -0.15) is 0 Å². The molecule has 0 fully saturated rings. The third-order valence-corrected chi connectivity index (χ3v) is 4.40. The highest BCUT2D eigenvalue weighted by atomic mass is 16.5. The van der Waals surface area contributed by atoms with Gasteiger partial charge in [-0.15, -0.1) is 0 Å². The lowest BCUT2D eigenvalue weighted by molar-refractivity contribution is -0.116. The minimum atomic E-state index is -0.283. The Morgan fingerprint density at radius 1 is 1.15 bits per heavy atom. The molecular weight excluding hydrogens is 330 g/mol. The second-order valence-electron chi connectivity index (χ2n) is 6.39. The van der Waals surface area contributed by atoms with E-state index in [1.54, 1.807) is 0 Å². The van der Waals surface area contributed by atoms with Crippen molar-refractivity contribution in [1.82, 2.24) is 9.97 Å². The van der Waals surface area contributed by atoms with Gasteiger partial charge in [0.25, 0.3) is 0 Å². The van der Waals surface area contributed by atoms with Gasteiger partial charge in [0.1, 0.15) is 0 Å². The lowest BCUT2D eigenvalue weighted by Gasteiger charge is -2.12. The summed E-state index contributed by atoms with van der Waals surface area (Å²) in [6.45, 7) is 4.95. The van der Waals surface area contributed by atoms with Crippen LogP contribution < -0.4 is 11.0 Å². The molecule has 3 rings (SSSR count). The molecule has 26 heavy (non-hydrogen) atoms. The molecule has 3 N–H and O–H groups in total. The van der Waals surface area contributed by atoms with Crippen molar-refractivity contribution in [2.45, 2.75) is 33.3 Å². The highest BCUT2D eigenvalue weighted by Gasteiger charge is 2.13. The van der Waals surface area contributed by atoms with Crippen LogP contribution in [0.15, 0.2) is 41.2 Å². The summed E-state index contributed by atoms with van der Waals surface area (Å²) in [6.07, 6.45) is 0.995. The third-order valence-electron chi connectivity index (χ3n) is 4.40. The Balaban J connectivity index is 1.54. The average molecular weight is 353 g/mol. The van der Waals surface area contributed by atoms with Crippen LogP contribution in [0.1, 0.15) is 29.5 Å². The van der Waals surface area contributed by atoms with Crippen LogP contribution in [0.2, 0.25) is 0 Å². The molecule has 6 nitrogen and oxygen atoms in total. The van der Waals surface area contributed by atoms with E-state index in [-0.39, 0.29) is 11.6 Å². The third kappa shape index (κ3) is 4.21. The average Bonchev–Trinajstić information content (AvgIpc) is 2.99. The van der Waals surface area contributed by atoms with E-state index in [9.17, 15) is 9.59 Å².